The summed E-state index contributed by atoms with van der Waals surface area (Å²) in [7, 11) is 0. The number of pyridine rings is 1. The summed E-state index contributed by atoms with van der Waals surface area (Å²) in [5, 5.41) is 3.60. The average Bonchev–Trinajstić information content (AvgIpc) is 3.20. The maximum Gasteiger partial charge on any atom is 0.265 e. The van der Waals surface area contributed by atoms with E-state index < -0.39 is 0 Å². The SMILES string of the molecule is O=C(Nc1ccc(N2CCOCC2)nc1)c1ccc(-c2ccc(Cl)cc2)s1. The minimum absolute atomic E-state index is 0.138. The molecule has 1 saturated heterocycles. The highest BCUT2D eigenvalue weighted by molar-refractivity contribution is 7.17. The number of halogens is 1. The molecule has 1 aromatic carbocycles. The predicted molar refractivity (Wildman–Crippen MR) is 110 cm³/mol. The number of nitrogens with zero attached hydrogens (tertiary/aromatic N) is 2. The number of hydrogen-bond donors (Lipinski definition) is 1. The van der Waals surface area contributed by atoms with E-state index in [0.717, 1.165) is 29.3 Å². The third-order valence-electron chi connectivity index (χ3n) is 4.30. The monoisotopic (exact) mass is 399 g/mol. The lowest BCUT2D eigenvalue weighted by Gasteiger charge is -2.27. The van der Waals surface area contributed by atoms with Gasteiger partial charge in [-0.05, 0) is 42.0 Å². The fourth-order valence-electron chi connectivity index (χ4n) is 2.86. The molecule has 1 fully saturated rings. The largest absolute Gasteiger partial charge is 0.378 e. The number of nitrogens with one attached hydrogen (secondary N) is 1. The molecule has 0 aliphatic carbocycles. The van der Waals surface area contributed by atoms with E-state index in [4.69, 9.17) is 16.3 Å². The summed E-state index contributed by atoms with van der Waals surface area (Å²) in [4.78, 5) is 20.8. The minimum Gasteiger partial charge on any atom is -0.378 e. The van der Waals surface area contributed by atoms with Crippen molar-refractivity contribution in [2.75, 3.05) is 36.5 Å². The lowest BCUT2D eigenvalue weighted by atomic mass is 10.2. The number of benzene rings is 1. The van der Waals surface area contributed by atoms with Crippen molar-refractivity contribution in [2.24, 2.45) is 0 Å². The summed E-state index contributed by atoms with van der Waals surface area (Å²) in [5.74, 6) is 0.763. The van der Waals surface area contributed by atoms with E-state index in [9.17, 15) is 4.79 Å². The molecule has 1 N–H and O–H groups in total. The van der Waals surface area contributed by atoms with Crippen molar-refractivity contribution in [3.05, 3.63) is 64.6 Å². The smallest absolute Gasteiger partial charge is 0.265 e. The number of thiophene rings is 1. The molecule has 1 aliphatic rings. The zero-order chi connectivity index (χ0) is 18.6. The number of rotatable bonds is 4. The third kappa shape index (κ3) is 4.30. The summed E-state index contributed by atoms with van der Waals surface area (Å²) >= 11 is 7.38. The van der Waals surface area contributed by atoms with Gasteiger partial charge in [-0.1, -0.05) is 23.7 Å². The van der Waals surface area contributed by atoms with E-state index in [1.54, 1.807) is 6.20 Å². The highest BCUT2D eigenvalue weighted by atomic mass is 35.5. The van der Waals surface area contributed by atoms with Crippen LogP contribution in [-0.2, 0) is 4.74 Å². The molecule has 0 radical (unpaired) electrons. The Hall–Kier alpha value is -2.41. The number of morpholine rings is 1. The van der Waals surface area contributed by atoms with Crippen molar-refractivity contribution in [1.29, 1.82) is 0 Å². The van der Waals surface area contributed by atoms with Gasteiger partial charge in [-0.15, -0.1) is 11.3 Å². The molecule has 138 valence electrons. The fraction of sp³-hybridized carbons (Fsp3) is 0.200. The normalized spacial score (nSPS) is 14.2. The Morgan fingerprint density at radius 1 is 1.07 bits per heavy atom. The highest BCUT2D eigenvalue weighted by Crippen LogP contribution is 2.29. The Morgan fingerprint density at radius 2 is 1.85 bits per heavy atom. The van der Waals surface area contributed by atoms with E-state index in [0.29, 0.717) is 28.8 Å². The molecule has 0 bridgehead atoms. The molecule has 5 nitrogen and oxygen atoms in total. The summed E-state index contributed by atoms with van der Waals surface area (Å²) in [6.07, 6.45) is 1.69. The second-order valence-electron chi connectivity index (χ2n) is 6.13. The minimum atomic E-state index is -0.138. The van der Waals surface area contributed by atoms with E-state index in [2.05, 4.69) is 15.2 Å². The number of carbonyl (C=O) groups excluding carboxylic acids is 1. The van der Waals surface area contributed by atoms with Crippen LogP contribution in [0.5, 0.6) is 0 Å². The van der Waals surface area contributed by atoms with Gasteiger partial charge in [0.05, 0.1) is 30.0 Å². The maximum atomic E-state index is 12.5. The van der Waals surface area contributed by atoms with Crippen molar-refractivity contribution in [3.8, 4) is 10.4 Å². The number of amides is 1. The number of ether oxygens (including phenoxy) is 1. The van der Waals surface area contributed by atoms with Crippen molar-refractivity contribution in [2.45, 2.75) is 0 Å². The molecule has 7 heteroatoms. The topological polar surface area (TPSA) is 54.5 Å². The van der Waals surface area contributed by atoms with Crippen molar-refractivity contribution >= 4 is 40.4 Å². The summed E-state index contributed by atoms with van der Waals surface area (Å²) < 4.78 is 5.35. The van der Waals surface area contributed by atoms with Crippen LogP contribution in [0.1, 0.15) is 9.67 Å². The van der Waals surface area contributed by atoms with Crippen molar-refractivity contribution in [3.63, 3.8) is 0 Å². The Kier molecular flexibility index (Phi) is 5.38. The molecule has 0 unspecified atom stereocenters. The summed E-state index contributed by atoms with van der Waals surface area (Å²) in [6, 6.07) is 15.2. The van der Waals surface area contributed by atoms with Crippen molar-refractivity contribution < 1.29 is 9.53 Å². The second kappa shape index (κ2) is 8.08. The van der Waals surface area contributed by atoms with Gasteiger partial charge in [-0.25, -0.2) is 4.98 Å². The van der Waals surface area contributed by atoms with Crippen LogP contribution in [0.25, 0.3) is 10.4 Å². The Bertz CT molecular complexity index is 919. The van der Waals surface area contributed by atoms with Gasteiger partial charge in [0.25, 0.3) is 5.91 Å². The second-order valence-corrected chi connectivity index (χ2v) is 7.65. The van der Waals surface area contributed by atoms with Crippen LogP contribution >= 0.6 is 22.9 Å². The molecular weight excluding hydrogens is 382 g/mol. The fourth-order valence-corrected chi connectivity index (χ4v) is 3.89. The Balaban J connectivity index is 1.42. The van der Waals surface area contributed by atoms with Gasteiger partial charge in [0.15, 0.2) is 0 Å². The van der Waals surface area contributed by atoms with Gasteiger partial charge in [0.2, 0.25) is 0 Å². The highest BCUT2D eigenvalue weighted by Gasteiger charge is 2.14. The third-order valence-corrected chi connectivity index (χ3v) is 5.68. The Labute approximate surface area is 166 Å². The standard InChI is InChI=1S/C20H18ClN3O2S/c21-15-3-1-14(2-4-15)17-6-7-18(27-17)20(25)23-16-5-8-19(22-13-16)24-9-11-26-12-10-24/h1-8,13H,9-12H2,(H,23,25). The summed E-state index contributed by atoms with van der Waals surface area (Å²) in [6.45, 7) is 3.10. The molecule has 2 aromatic heterocycles. The first kappa shape index (κ1) is 18.0. The molecule has 3 aromatic rings. The number of carbonyl (C=O) groups is 1. The van der Waals surface area contributed by atoms with Gasteiger partial charge < -0.3 is 15.0 Å². The molecule has 3 heterocycles. The quantitative estimate of drug-likeness (QED) is 0.699. The van der Waals surface area contributed by atoms with Crippen LogP contribution in [0.2, 0.25) is 5.02 Å². The first-order chi connectivity index (χ1) is 13.2. The molecule has 0 spiro atoms. The predicted octanol–water partition coefficient (Wildman–Crippen LogP) is 4.55. The molecular formula is C20H18ClN3O2S. The maximum absolute atomic E-state index is 12.5. The molecule has 0 atom stereocenters. The van der Waals surface area contributed by atoms with Crippen LogP contribution in [0.4, 0.5) is 11.5 Å². The van der Waals surface area contributed by atoms with Gasteiger partial charge >= 0.3 is 0 Å². The van der Waals surface area contributed by atoms with Crippen molar-refractivity contribution in [1.82, 2.24) is 4.98 Å². The van der Waals surface area contributed by atoms with Crippen LogP contribution in [0.15, 0.2) is 54.7 Å². The molecule has 4 rings (SSSR count). The molecule has 1 amide bonds. The van der Waals surface area contributed by atoms with Crippen LogP contribution in [-0.4, -0.2) is 37.2 Å². The Morgan fingerprint density at radius 3 is 2.56 bits per heavy atom. The van der Waals surface area contributed by atoms with E-state index in [-0.39, 0.29) is 5.91 Å². The van der Waals surface area contributed by atoms with Crippen LogP contribution in [0.3, 0.4) is 0 Å². The number of aromatic nitrogens is 1. The number of hydrogen-bond acceptors (Lipinski definition) is 5. The van der Waals surface area contributed by atoms with E-state index in [1.165, 1.54) is 11.3 Å². The lowest BCUT2D eigenvalue weighted by Crippen LogP contribution is -2.36. The van der Waals surface area contributed by atoms with Gasteiger partial charge in [0.1, 0.15) is 5.82 Å². The number of anilines is 2. The summed E-state index contributed by atoms with van der Waals surface area (Å²) in [5.41, 5.74) is 1.72. The van der Waals surface area contributed by atoms with Gasteiger partial charge in [0, 0.05) is 23.0 Å². The molecule has 0 saturated carbocycles. The van der Waals surface area contributed by atoms with Crippen LogP contribution < -0.4 is 10.2 Å². The lowest BCUT2D eigenvalue weighted by molar-refractivity contribution is 0.103. The molecule has 1 aliphatic heterocycles. The van der Waals surface area contributed by atoms with Crippen LogP contribution in [0, 0.1) is 0 Å². The van der Waals surface area contributed by atoms with Gasteiger partial charge in [-0.3, -0.25) is 4.79 Å². The average molecular weight is 400 g/mol. The van der Waals surface area contributed by atoms with E-state index >= 15 is 0 Å². The zero-order valence-corrected chi connectivity index (χ0v) is 16.1. The molecule has 27 heavy (non-hydrogen) atoms. The first-order valence-corrected chi connectivity index (χ1v) is 9.84. The van der Waals surface area contributed by atoms with E-state index in [1.807, 2.05) is 48.5 Å². The first-order valence-electron chi connectivity index (χ1n) is 8.65. The zero-order valence-electron chi connectivity index (χ0n) is 14.5. The van der Waals surface area contributed by atoms with Gasteiger partial charge in [-0.2, -0.15) is 0 Å².